The van der Waals surface area contributed by atoms with Gasteiger partial charge in [-0.15, -0.1) is 18.3 Å². The molecule has 1 aliphatic rings. The standard InChI is InChI=1S/C32H28F3N7O4S/c1-19(2)26-13-12-25(45-3)14-27(26)42-28(43)17-47-31(42)39-30(44)37-16-22(15-36)20-4-6-21(7-5-20)29-38-18-41(40-29)23-8-10-24(11-9-23)46-32(33,34)35/h4-14,18-19,22H,16-17H2,1-3H3,(H,37,44)/b39-31-. The van der Waals surface area contributed by atoms with Crippen LogP contribution >= 0.6 is 11.8 Å². The molecule has 0 aliphatic carbocycles. The predicted octanol–water partition coefficient (Wildman–Crippen LogP) is 6.42. The lowest BCUT2D eigenvalue weighted by Gasteiger charge is -2.22. The van der Waals surface area contributed by atoms with Crippen molar-refractivity contribution >= 4 is 34.6 Å². The SMILES string of the molecule is COc1ccc(C(C)C)c(N2C(=O)CS/C2=N\C(=O)NCC(C#N)c2ccc(-c3ncn(-c4ccc(OC(F)(F)F)cc4)n3)cc2)c1. The van der Waals surface area contributed by atoms with E-state index in [2.05, 4.69) is 31.2 Å². The molecule has 242 valence electrons. The molecule has 5 rings (SSSR count). The molecule has 0 spiro atoms. The van der Waals surface area contributed by atoms with Crippen LogP contribution in [0.3, 0.4) is 0 Å². The van der Waals surface area contributed by atoms with Crippen molar-refractivity contribution in [2.24, 2.45) is 4.99 Å². The minimum absolute atomic E-state index is 0.0264. The van der Waals surface area contributed by atoms with Crippen LogP contribution in [0.1, 0.15) is 36.8 Å². The number of aliphatic imine (C=N–C) groups is 1. The van der Waals surface area contributed by atoms with Gasteiger partial charge in [0.2, 0.25) is 5.91 Å². The molecule has 47 heavy (non-hydrogen) atoms. The third kappa shape index (κ3) is 7.90. The van der Waals surface area contributed by atoms with Crippen molar-refractivity contribution in [3.8, 4) is 34.6 Å². The molecule has 1 N–H and O–H groups in total. The third-order valence-corrected chi connectivity index (χ3v) is 8.00. The number of hydrogen-bond acceptors (Lipinski definition) is 8. The van der Waals surface area contributed by atoms with Gasteiger partial charge in [-0.2, -0.15) is 10.3 Å². The van der Waals surface area contributed by atoms with E-state index in [1.165, 1.54) is 47.3 Å². The van der Waals surface area contributed by atoms with E-state index in [0.717, 1.165) is 17.3 Å². The summed E-state index contributed by atoms with van der Waals surface area (Å²) in [5, 5.41) is 17.1. The molecule has 0 saturated carbocycles. The number of alkyl halides is 3. The van der Waals surface area contributed by atoms with Gasteiger partial charge in [0.15, 0.2) is 11.0 Å². The summed E-state index contributed by atoms with van der Waals surface area (Å²) in [7, 11) is 1.53. The molecule has 1 fully saturated rings. The number of methoxy groups -OCH3 is 1. The Morgan fingerprint density at radius 2 is 1.81 bits per heavy atom. The monoisotopic (exact) mass is 663 g/mol. The van der Waals surface area contributed by atoms with Gasteiger partial charge in [0.25, 0.3) is 0 Å². The van der Waals surface area contributed by atoms with Gasteiger partial charge in [-0.3, -0.25) is 9.69 Å². The summed E-state index contributed by atoms with van der Waals surface area (Å²) in [6.45, 7) is 3.98. The fourth-order valence-electron chi connectivity index (χ4n) is 4.75. The number of anilines is 1. The zero-order valence-corrected chi connectivity index (χ0v) is 26.2. The normalized spacial score (nSPS) is 14.7. The number of aromatic nitrogens is 3. The van der Waals surface area contributed by atoms with Gasteiger partial charge in [0.1, 0.15) is 17.8 Å². The highest BCUT2D eigenvalue weighted by atomic mass is 32.2. The van der Waals surface area contributed by atoms with Crippen molar-refractivity contribution in [1.82, 2.24) is 20.1 Å². The van der Waals surface area contributed by atoms with Gasteiger partial charge >= 0.3 is 12.4 Å². The molecule has 1 atom stereocenters. The van der Waals surface area contributed by atoms with Crippen LogP contribution in [-0.4, -0.2) is 57.6 Å². The van der Waals surface area contributed by atoms with Crippen LogP contribution in [0.25, 0.3) is 17.1 Å². The topological polar surface area (TPSA) is 135 Å². The molecule has 1 aromatic heterocycles. The minimum Gasteiger partial charge on any atom is -0.497 e. The number of nitrogens with one attached hydrogen (secondary N) is 1. The lowest BCUT2D eigenvalue weighted by Crippen LogP contribution is -2.33. The maximum absolute atomic E-state index is 12.9. The second-order valence-electron chi connectivity index (χ2n) is 10.5. The highest BCUT2D eigenvalue weighted by molar-refractivity contribution is 8.15. The molecule has 3 aromatic carbocycles. The van der Waals surface area contributed by atoms with Crippen LogP contribution < -0.4 is 19.7 Å². The average Bonchev–Trinajstić information content (AvgIpc) is 3.68. The van der Waals surface area contributed by atoms with Crippen LogP contribution in [0.15, 0.2) is 78.0 Å². The van der Waals surface area contributed by atoms with Crippen molar-refractivity contribution in [1.29, 1.82) is 5.26 Å². The zero-order chi connectivity index (χ0) is 33.7. The Morgan fingerprint density at radius 3 is 2.45 bits per heavy atom. The first kappa shape index (κ1) is 33.0. The quantitative estimate of drug-likeness (QED) is 0.217. The molecule has 0 radical (unpaired) electrons. The first-order valence-corrected chi connectivity index (χ1v) is 15.2. The summed E-state index contributed by atoms with van der Waals surface area (Å²) in [5.41, 5.74) is 3.25. The Bertz CT molecular complexity index is 1840. The number of nitriles is 1. The molecule has 4 aromatic rings. The predicted molar refractivity (Wildman–Crippen MR) is 170 cm³/mol. The van der Waals surface area contributed by atoms with E-state index < -0.39 is 18.3 Å². The van der Waals surface area contributed by atoms with Crippen LogP contribution in [0.4, 0.5) is 23.7 Å². The molecule has 11 nitrogen and oxygen atoms in total. The number of thioether (sulfide) groups is 1. The fourth-order valence-corrected chi connectivity index (χ4v) is 5.61. The number of urea groups is 1. The van der Waals surface area contributed by atoms with Crippen LogP contribution in [0.2, 0.25) is 0 Å². The van der Waals surface area contributed by atoms with Crippen LogP contribution in [0.5, 0.6) is 11.5 Å². The van der Waals surface area contributed by atoms with Gasteiger partial charge in [0.05, 0.1) is 36.2 Å². The van der Waals surface area contributed by atoms with Gasteiger partial charge < -0.3 is 14.8 Å². The van der Waals surface area contributed by atoms with E-state index in [9.17, 15) is 28.0 Å². The first-order valence-electron chi connectivity index (χ1n) is 14.2. The number of carbonyl (C=O) groups is 2. The highest BCUT2D eigenvalue weighted by Crippen LogP contribution is 2.36. The maximum Gasteiger partial charge on any atom is 0.573 e. The molecule has 1 saturated heterocycles. The summed E-state index contributed by atoms with van der Waals surface area (Å²) < 4.78 is 48.0. The van der Waals surface area contributed by atoms with Crippen molar-refractivity contribution in [2.45, 2.75) is 32.0 Å². The van der Waals surface area contributed by atoms with E-state index >= 15 is 0 Å². The van der Waals surface area contributed by atoms with E-state index in [0.29, 0.717) is 34.1 Å². The van der Waals surface area contributed by atoms with Crippen LogP contribution in [-0.2, 0) is 4.79 Å². The Morgan fingerprint density at radius 1 is 1.11 bits per heavy atom. The molecule has 3 amide bonds. The lowest BCUT2D eigenvalue weighted by molar-refractivity contribution is -0.274. The Labute approximate surface area is 272 Å². The van der Waals surface area contributed by atoms with Gasteiger partial charge in [0, 0.05) is 18.2 Å². The summed E-state index contributed by atoms with van der Waals surface area (Å²) in [4.78, 5) is 35.6. The number of amides is 3. The largest absolute Gasteiger partial charge is 0.573 e. The number of benzene rings is 3. The molecule has 0 bridgehead atoms. The molecule has 15 heteroatoms. The highest BCUT2D eigenvalue weighted by Gasteiger charge is 2.33. The number of halogens is 3. The number of ether oxygens (including phenoxy) is 2. The Kier molecular flexibility index (Phi) is 9.80. The summed E-state index contributed by atoms with van der Waals surface area (Å²) in [6, 6.07) is 19.0. The summed E-state index contributed by atoms with van der Waals surface area (Å²) in [5.74, 6) is -0.107. The van der Waals surface area contributed by atoms with Crippen molar-refractivity contribution in [3.63, 3.8) is 0 Å². The number of rotatable bonds is 9. The van der Waals surface area contributed by atoms with E-state index in [4.69, 9.17) is 4.74 Å². The number of amidine groups is 1. The average molecular weight is 664 g/mol. The molecule has 1 aliphatic heterocycles. The second-order valence-corrected chi connectivity index (χ2v) is 11.5. The third-order valence-electron chi connectivity index (χ3n) is 7.07. The van der Waals surface area contributed by atoms with Crippen molar-refractivity contribution in [2.75, 3.05) is 24.3 Å². The Balaban J connectivity index is 1.24. The maximum atomic E-state index is 12.9. The van der Waals surface area contributed by atoms with Gasteiger partial charge in [-0.25, -0.2) is 14.5 Å². The first-order chi connectivity index (χ1) is 22.5. The fraction of sp³-hybridized carbons (Fsp3) is 0.250. The Hall–Kier alpha value is -5.36. The molecular formula is C32H28F3N7O4S. The summed E-state index contributed by atoms with van der Waals surface area (Å²) in [6.07, 6.45) is -3.36. The smallest absolute Gasteiger partial charge is 0.497 e. The molecule has 1 unspecified atom stereocenters. The molecular weight excluding hydrogens is 635 g/mol. The van der Waals surface area contributed by atoms with E-state index in [1.54, 1.807) is 30.3 Å². The van der Waals surface area contributed by atoms with Gasteiger partial charge in [-0.1, -0.05) is 55.9 Å². The summed E-state index contributed by atoms with van der Waals surface area (Å²) >= 11 is 1.15. The lowest BCUT2D eigenvalue weighted by atomic mass is 9.99. The van der Waals surface area contributed by atoms with E-state index in [-0.39, 0.29) is 35.0 Å². The van der Waals surface area contributed by atoms with Crippen LogP contribution in [0, 0.1) is 11.3 Å². The second kappa shape index (κ2) is 14.0. The zero-order valence-electron chi connectivity index (χ0n) is 25.4. The number of nitrogens with zero attached hydrogens (tertiary/aromatic N) is 6. The number of carbonyl (C=O) groups excluding carboxylic acids is 2. The van der Waals surface area contributed by atoms with Crippen molar-refractivity contribution < 1.29 is 32.2 Å². The van der Waals surface area contributed by atoms with E-state index in [1.807, 2.05) is 26.0 Å². The molecule has 2 heterocycles. The number of hydrogen-bond donors (Lipinski definition) is 1. The van der Waals surface area contributed by atoms with Crippen molar-refractivity contribution in [3.05, 3.63) is 84.2 Å². The van der Waals surface area contributed by atoms with Gasteiger partial charge in [-0.05, 0) is 47.4 Å². The minimum atomic E-state index is -4.78.